The van der Waals surface area contributed by atoms with Crippen LogP contribution in [0.5, 0.6) is 0 Å². The van der Waals surface area contributed by atoms with E-state index in [4.69, 9.17) is 11.6 Å². The summed E-state index contributed by atoms with van der Waals surface area (Å²) in [5.41, 5.74) is 1.78. The van der Waals surface area contributed by atoms with Crippen LogP contribution < -0.4 is 0 Å². The molecular formula is C16H12ClNO2S. The molecule has 0 saturated carbocycles. The number of benzene rings is 2. The summed E-state index contributed by atoms with van der Waals surface area (Å²) in [5.74, 6) is -1.49. The molecule has 0 aliphatic rings. The van der Waals surface area contributed by atoms with E-state index < -0.39 is 11.9 Å². The van der Waals surface area contributed by atoms with Crippen LogP contribution in [0.2, 0.25) is 5.02 Å². The number of aromatic nitrogens is 1. The number of rotatable bonds is 4. The second-order valence-corrected chi connectivity index (χ2v) is 6.24. The predicted molar refractivity (Wildman–Crippen MR) is 85.2 cm³/mol. The maximum atomic E-state index is 11.6. The highest BCUT2D eigenvalue weighted by molar-refractivity contribution is 7.18. The first-order chi connectivity index (χ1) is 10.1. The molecule has 3 rings (SSSR count). The van der Waals surface area contributed by atoms with Crippen LogP contribution in [-0.2, 0) is 11.2 Å². The summed E-state index contributed by atoms with van der Waals surface area (Å²) in [6, 6.07) is 14.9. The molecule has 0 radical (unpaired) electrons. The number of para-hydroxylation sites is 1. The van der Waals surface area contributed by atoms with E-state index in [2.05, 4.69) is 4.98 Å². The first-order valence-corrected chi connectivity index (χ1v) is 7.65. The van der Waals surface area contributed by atoms with Crippen LogP contribution in [0.3, 0.4) is 0 Å². The van der Waals surface area contributed by atoms with Crippen LogP contribution in [-0.4, -0.2) is 16.1 Å². The molecule has 106 valence electrons. The van der Waals surface area contributed by atoms with Crippen LogP contribution >= 0.6 is 22.9 Å². The van der Waals surface area contributed by atoms with Crippen LogP contribution in [0.1, 0.15) is 16.5 Å². The quantitative estimate of drug-likeness (QED) is 0.777. The number of hydrogen-bond donors (Lipinski definition) is 1. The Labute approximate surface area is 130 Å². The molecule has 1 heterocycles. The molecule has 3 aromatic rings. The van der Waals surface area contributed by atoms with Crippen molar-refractivity contribution in [1.29, 1.82) is 0 Å². The molecule has 3 nitrogen and oxygen atoms in total. The first-order valence-electron chi connectivity index (χ1n) is 6.46. The van der Waals surface area contributed by atoms with Crippen molar-refractivity contribution in [2.24, 2.45) is 0 Å². The number of hydrogen-bond acceptors (Lipinski definition) is 3. The van der Waals surface area contributed by atoms with E-state index >= 15 is 0 Å². The average molecular weight is 318 g/mol. The highest BCUT2D eigenvalue weighted by atomic mass is 35.5. The van der Waals surface area contributed by atoms with Crippen LogP contribution in [0.15, 0.2) is 48.5 Å². The van der Waals surface area contributed by atoms with Crippen molar-refractivity contribution in [2.45, 2.75) is 12.3 Å². The van der Waals surface area contributed by atoms with Gasteiger partial charge < -0.3 is 5.11 Å². The zero-order valence-electron chi connectivity index (χ0n) is 11.0. The lowest BCUT2D eigenvalue weighted by Gasteiger charge is -2.09. The fraction of sp³-hybridized carbons (Fsp3) is 0.125. The Bertz CT molecular complexity index is 749. The molecule has 0 aliphatic heterocycles. The number of nitrogens with zero attached hydrogens (tertiary/aromatic N) is 1. The maximum absolute atomic E-state index is 11.6. The normalized spacial score (nSPS) is 12.4. The lowest BCUT2D eigenvalue weighted by atomic mass is 10.0. The van der Waals surface area contributed by atoms with E-state index in [0.29, 0.717) is 16.5 Å². The third kappa shape index (κ3) is 3.06. The van der Waals surface area contributed by atoms with E-state index in [1.54, 1.807) is 12.1 Å². The van der Waals surface area contributed by atoms with Gasteiger partial charge in [0.05, 0.1) is 10.2 Å². The standard InChI is InChI=1S/C16H12ClNO2S/c17-11-7-5-10(6-8-11)9-12(16(19)20)15-18-13-3-1-2-4-14(13)21-15/h1-8,12H,9H2,(H,19,20). The summed E-state index contributed by atoms with van der Waals surface area (Å²) in [6.45, 7) is 0. The van der Waals surface area contributed by atoms with Gasteiger partial charge in [-0.15, -0.1) is 11.3 Å². The Hall–Kier alpha value is -1.91. The Balaban J connectivity index is 1.93. The minimum atomic E-state index is -0.857. The highest BCUT2D eigenvalue weighted by Gasteiger charge is 2.24. The third-order valence-corrected chi connectivity index (χ3v) is 4.66. The van der Waals surface area contributed by atoms with Gasteiger partial charge in [0, 0.05) is 5.02 Å². The molecule has 1 aromatic heterocycles. The molecule has 1 unspecified atom stereocenters. The minimum absolute atomic E-state index is 0.409. The highest BCUT2D eigenvalue weighted by Crippen LogP contribution is 2.30. The van der Waals surface area contributed by atoms with E-state index in [0.717, 1.165) is 15.8 Å². The van der Waals surface area contributed by atoms with E-state index in [-0.39, 0.29) is 0 Å². The van der Waals surface area contributed by atoms with Gasteiger partial charge in [-0.25, -0.2) is 4.98 Å². The number of thiazole rings is 1. The fourth-order valence-corrected chi connectivity index (χ4v) is 3.36. The van der Waals surface area contributed by atoms with Crippen LogP contribution in [0, 0.1) is 0 Å². The van der Waals surface area contributed by atoms with E-state index in [9.17, 15) is 9.90 Å². The van der Waals surface area contributed by atoms with Gasteiger partial charge in [0.2, 0.25) is 0 Å². The van der Waals surface area contributed by atoms with Crippen molar-refractivity contribution < 1.29 is 9.90 Å². The maximum Gasteiger partial charge on any atom is 0.313 e. The Kier molecular flexibility index (Phi) is 3.90. The first kappa shape index (κ1) is 14.0. The summed E-state index contributed by atoms with van der Waals surface area (Å²) in [5, 5.41) is 10.8. The topological polar surface area (TPSA) is 50.2 Å². The Morgan fingerprint density at radius 3 is 2.57 bits per heavy atom. The third-order valence-electron chi connectivity index (χ3n) is 3.26. The smallest absolute Gasteiger partial charge is 0.313 e. The van der Waals surface area contributed by atoms with Crippen LogP contribution in [0.25, 0.3) is 10.2 Å². The van der Waals surface area contributed by atoms with E-state index in [1.807, 2.05) is 36.4 Å². The van der Waals surface area contributed by atoms with Gasteiger partial charge in [0.25, 0.3) is 0 Å². The van der Waals surface area contributed by atoms with Gasteiger partial charge in [0.15, 0.2) is 0 Å². The predicted octanol–water partition coefficient (Wildman–Crippen LogP) is 4.36. The molecule has 1 atom stereocenters. The number of aliphatic carboxylic acids is 1. The second kappa shape index (κ2) is 5.84. The van der Waals surface area contributed by atoms with Crippen molar-refractivity contribution in [3.05, 3.63) is 64.1 Å². The summed E-state index contributed by atoms with van der Waals surface area (Å²) in [6.07, 6.45) is 0.409. The van der Waals surface area contributed by atoms with Crippen molar-refractivity contribution in [3.8, 4) is 0 Å². The molecular weight excluding hydrogens is 306 g/mol. The lowest BCUT2D eigenvalue weighted by Crippen LogP contribution is -2.14. The van der Waals surface area contributed by atoms with Gasteiger partial charge in [0.1, 0.15) is 10.9 Å². The molecule has 0 amide bonds. The summed E-state index contributed by atoms with van der Waals surface area (Å²) >= 11 is 7.29. The van der Waals surface area contributed by atoms with Gasteiger partial charge in [-0.05, 0) is 36.2 Å². The molecule has 1 N–H and O–H groups in total. The van der Waals surface area contributed by atoms with Gasteiger partial charge >= 0.3 is 5.97 Å². The number of carboxylic acids is 1. The SMILES string of the molecule is O=C(O)C(Cc1ccc(Cl)cc1)c1nc2ccccc2s1. The number of halogens is 1. The molecule has 0 spiro atoms. The monoisotopic (exact) mass is 317 g/mol. The van der Waals surface area contributed by atoms with Gasteiger partial charge in [-0.2, -0.15) is 0 Å². The minimum Gasteiger partial charge on any atom is -0.481 e. The lowest BCUT2D eigenvalue weighted by molar-refractivity contribution is -0.138. The molecule has 21 heavy (non-hydrogen) atoms. The van der Waals surface area contributed by atoms with Crippen molar-refractivity contribution in [2.75, 3.05) is 0 Å². The van der Waals surface area contributed by atoms with Crippen molar-refractivity contribution >= 4 is 39.1 Å². The van der Waals surface area contributed by atoms with Crippen LogP contribution in [0.4, 0.5) is 0 Å². The second-order valence-electron chi connectivity index (χ2n) is 4.74. The Morgan fingerprint density at radius 2 is 1.90 bits per heavy atom. The number of carboxylic acid groups (broad SMARTS) is 1. The fourth-order valence-electron chi connectivity index (χ4n) is 2.18. The zero-order chi connectivity index (χ0) is 14.8. The average Bonchev–Trinajstić information content (AvgIpc) is 2.89. The summed E-state index contributed by atoms with van der Waals surface area (Å²) in [7, 11) is 0. The van der Waals surface area contributed by atoms with Gasteiger partial charge in [-0.3, -0.25) is 4.79 Å². The molecule has 2 aromatic carbocycles. The molecule has 0 bridgehead atoms. The summed E-state index contributed by atoms with van der Waals surface area (Å²) in [4.78, 5) is 16.0. The van der Waals surface area contributed by atoms with E-state index in [1.165, 1.54) is 11.3 Å². The zero-order valence-corrected chi connectivity index (χ0v) is 12.6. The Morgan fingerprint density at radius 1 is 1.19 bits per heavy atom. The van der Waals surface area contributed by atoms with Crippen molar-refractivity contribution in [1.82, 2.24) is 4.98 Å². The number of fused-ring (bicyclic) bond motifs is 1. The largest absolute Gasteiger partial charge is 0.481 e. The molecule has 0 aliphatic carbocycles. The molecule has 0 fully saturated rings. The van der Waals surface area contributed by atoms with Crippen molar-refractivity contribution in [3.63, 3.8) is 0 Å². The molecule has 5 heteroatoms. The number of carbonyl (C=O) groups is 1. The molecule has 0 saturated heterocycles. The van der Waals surface area contributed by atoms with Gasteiger partial charge in [-0.1, -0.05) is 35.9 Å². The summed E-state index contributed by atoms with van der Waals surface area (Å²) < 4.78 is 1.01.